The van der Waals surface area contributed by atoms with E-state index in [4.69, 9.17) is 10.8 Å². The summed E-state index contributed by atoms with van der Waals surface area (Å²) in [6.45, 7) is 0. The Kier molecular flexibility index (Phi) is 1.94. The lowest BCUT2D eigenvalue weighted by molar-refractivity contribution is 1.22. The summed E-state index contributed by atoms with van der Waals surface area (Å²) in [5, 5.41) is 3.89. The molecule has 1 aliphatic carbocycles. The van der Waals surface area contributed by atoms with Gasteiger partial charge in [0.25, 0.3) is 0 Å². The standard InChI is InChI=1S/C15H10N4/c16-19-14-10-6-2-1-5-9(10)13-15(14)18-12-8-4-3-7-11(12)17-13/h1-8H,16H2/b19-14-. The van der Waals surface area contributed by atoms with E-state index in [9.17, 15) is 0 Å². The van der Waals surface area contributed by atoms with Crippen LogP contribution in [0.15, 0.2) is 53.6 Å². The highest BCUT2D eigenvalue weighted by atomic mass is 15.1. The fourth-order valence-corrected chi connectivity index (χ4v) is 2.51. The normalized spacial score (nSPS) is 14.6. The molecule has 0 radical (unpaired) electrons. The molecule has 4 rings (SSSR count). The average Bonchev–Trinajstić information content (AvgIpc) is 2.78. The van der Waals surface area contributed by atoms with Crippen molar-refractivity contribution < 1.29 is 0 Å². The Hall–Kier alpha value is -2.75. The molecule has 1 aliphatic rings. The second-order valence-corrected chi connectivity index (χ2v) is 4.43. The van der Waals surface area contributed by atoms with Gasteiger partial charge in [-0.05, 0) is 12.1 Å². The molecule has 4 nitrogen and oxygen atoms in total. The summed E-state index contributed by atoms with van der Waals surface area (Å²) in [6, 6.07) is 15.8. The van der Waals surface area contributed by atoms with Crippen molar-refractivity contribution in [1.82, 2.24) is 9.97 Å². The molecule has 0 atom stereocenters. The maximum Gasteiger partial charge on any atom is 0.118 e. The van der Waals surface area contributed by atoms with E-state index in [0.29, 0.717) is 5.71 Å². The molecule has 90 valence electrons. The number of benzene rings is 2. The molecule has 0 bridgehead atoms. The first-order valence-corrected chi connectivity index (χ1v) is 6.03. The van der Waals surface area contributed by atoms with Gasteiger partial charge >= 0.3 is 0 Å². The predicted molar refractivity (Wildman–Crippen MR) is 74.8 cm³/mol. The molecule has 19 heavy (non-hydrogen) atoms. The maximum atomic E-state index is 5.53. The zero-order valence-corrected chi connectivity index (χ0v) is 10.0. The average molecular weight is 246 g/mol. The molecule has 0 fully saturated rings. The Morgan fingerprint density at radius 1 is 0.737 bits per heavy atom. The number of para-hydroxylation sites is 2. The van der Waals surface area contributed by atoms with E-state index in [2.05, 4.69) is 10.1 Å². The minimum absolute atomic E-state index is 0.712. The molecule has 2 N–H and O–H groups in total. The Morgan fingerprint density at radius 3 is 2.00 bits per heavy atom. The lowest BCUT2D eigenvalue weighted by Crippen LogP contribution is -2.04. The topological polar surface area (TPSA) is 64.2 Å². The van der Waals surface area contributed by atoms with E-state index in [1.165, 1.54) is 0 Å². The van der Waals surface area contributed by atoms with Crippen LogP contribution in [0.4, 0.5) is 0 Å². The van der Waals surface area contributed by atoms with E-state index in [-0.39, 0.29) is 0 Å². The van der Waals surface area contributed by atoms with Crippen LogP contribution in [0.5, 0.6) is 0 Å². The summed E-state index contributed by atoms with van der Waals surface area (Å²) in [6.07, 6.45) is 0. The van der Waals surface area contributed by atoms with Gasteiger partial charge in [0.2, 0.25) is 0 Å². The van der Waals surface area contributed by atoms with Gasteiger partial charge in [-0.3, -0.25) is 0 Å². The van der Waals surface area contributed by atoms with Gasteiger partial charge in [-0.15, -0.1) is 0 Å². The van der Waals surface area contributed by atoms with Gasteiger partial charge in [-0.1, -0.05) is 36.4 Å². The van der Waals surface area contributed by atoms with E-state index in [1.807, 2.05) is 48.5 Å². The molecule has 0 amide bonds. The number of hydrogen-bond acceptors (Lipinski definition) is 4. The molecule has 0 saturated heterocycles. The van der Waals surface area contributed by atoms with Crippen LogP contribution in [0.3, 0.4) is 0 Å². The van der Waals surface area contributed by atoms with Crippen molar-refractivity contribution in [2.75, 3.05) is 0 Å². The fraction of sp³-hybridized carbons (Fsp3) is 0. The molecule has 3 aromatic rings. The molecular weight excluding hydrogens is 236 g/mol. The third-order valence-electron chi connectivity index (χ3n) is 3.36. The number of hydrazone groups is 1. The molecule has 0 unspecified atom stereocenters. The Morgan fingerprint density at radius 2 is 1.32 bits per heavy atom. The second kappa shape index (κ2) is 3.62. The van der Waals surface area contributed by atoms with Gasteiger partial charge in [-0.2, -0.15) is 5.10 Å². The molecule has 4 heteroatoms. The zero-order chi connectivity index (χ0) is 12.8. The zero-order valence-electron chi connectivity index (χ0n) is 10.0. The summed E-state index contributed by atoms with van der Waals surface area (Å²) in [5.74, 6) is 5.53. The van der Waals surface area contributed by atoms with Gasteiger partial charge in [0.05, 0.1) is 16.7 Å². The number of aromatic nitrogens is 2. The maximum absolute atomic E-state index is 5.53. The van der Waals surface area contributed by atoms with Crippen molar-refractivity contribution in [3.8, 4) is 11.3 Å². The highest BCUT2D eigenvalue weighted by Gasteiger charge is 2.27. The minimum Gasteiger partial charge on any atom is -0.323 e. The van der Waals surface area contributed by atoms with Crippen LogP contribution in [0.25, 0.3) is 22.3 Å². The van der Waals surface area contributed by atoms with Crippen LogP contribution in [0.1, 0.15) is 11.3 Å². The molecule has 1 heterocycles. The van der Waals surface area contributed by atoms with Crippen molar-refractivity contribution in [1.29, 1.82) is 0 Å². The molecule has 0 saturated carbocycles. The lowest BCUT2D eigenvalue weighted by Gasteiger charge is -2.01. The Balaban J connectivity index is 2.14. The Labute approximate surface area is 109 Å². The first-order valence-electron chi connectivity index (χ1n) is 6.03. The lowest BCUT2D eigenvalue weighted by atomic mass is 10.1. The number of nitrogens with zero attached hydrogens (tertiary/aromatic N) is 3. The van der Waals surface area contributed by atoms with Crippen LogP contribution >= 0.6 is 0 Å². The number of hydrogen-bond donors (Lipinski definition) is 1. The van der Waals surface area contributed by atoms with E-state index in [0.717, 1.165) is 33.5 Å². The summed E-state index contributed by atoms with van der Waals surface area (Å²) < 4.78 is 0. The first-order chi connectivity index (χ1) is 9.38. The summed E-state index contributed by atoms with van der Waals surface area (Å²) in [7, 11) is 0. The first kappa shape index (κ1) is 10.2. The predicted octanol–water partition coefficient (Wildman–Crippen LogP) is 2.32. The molecule has 2 aromatic carbocycles. The quantitative estimate of drug-likeness (QED) is 0.382. The SMILES string of the molecule is N/N=C1/c2ccccc2-c2nc3ccccc3nc21. The van der Waals surface area contributed by atoms with Crippen molar-refractivity contribution in [3.63, 3.8) is 0 Å². The summed E-state index contributed by atoms with van der Waals surface area (Å²) in [4.78, 5) is 9.35. The summed E-state index contributed by atoms with van der Waals surface area (Å²) in [5.41, 5.74) is 6.12. The highest BCUT2D eigenvalue weighted by Crippen LogP contribution is 2.35. The Bertz CT molecular complexity index is 836. The molecule has 0 spiro atoms. The van der Waals surface area contributed by atoms with Crippen LogP contribution in [0.2, 0.25) is 0 Å². The van der Waals surface area contributed by atoms with Crippen LogP contribution < -0.4 is 5.84 Å². The van der Waals surface area contributed by atoms with E-state index >= 15 is 0 Å². The minimum atomic E-state index is 0.712. The monoisotopic (exact) mass is 246 g/mol. The van der Waals surface area contributed by atoms with E-state index < -0.39 is 0 Å². The third kappa shape index (κ3) is 1.31. The van der Waals surface area contributed by atoms with Crippen molar-refractivity contribution in [2.45, 2.75) is 0 Å². The second-order valence-electron chi connectivity index (χ2n) is 4.43. The summed E-state index contributed by atoms with van der Waals surface area (Å²) >= 11 is 0. The highest BCUT2D eigenvalue weighted by molar-refractivity contribution is 6.23. The van der Waals surface area contributed by atoms with Crippen molar-refractivity contribution >= 4 is 16.7 Å². The van der Waals surface area contributed by atoms with Crippen molar-refractivity contribution in [2.24, 2.45) is 10.9 Å². The number of fused-ring (bicyclic) bond motifs is 4. The van der Waals surface area contributed by atoms with Gasteiger partial charge in [-0.25, -0.2) is 9.97 Å². The van der Waals surface area contributed by atoms with Gasteiger partial charge in [0.15, 0.2) is 0 Å². The molecule has 1 aromatic heterocycles. The van der Waals surface area contributed by atoms with Crippen molar-refractivity contribution in [3.05, 3.63) is 59.8 Å². The third-order valence-corrected chi connectivity index (χ3v) is 3.36. The molecule has 0 aliphatic heterocycles. The fourth-order valence-electron chi connectivity index (χ4n) is 2.51. The van der Waals surface area contributed by atoms with Crippen LogP contribution in [-0.4, -0.2) is 15.7 Å². The van der Waals surface area contributed by atoms with E-state index in [1.54, 1.807) is 0 Å². The molecular formula is C15H10N4. The van der Waals surface area contributed by atoms with Gasteiger partial charge in [0.1, 0.15) is 11.4 Å². The largest absolute Gasteiger partial charge is 0.323 e. The number of nitrogens with two attached hydrogens (primary N) is 1. The van der Waals surface area contributed by atoms with Gasteiger partial charge in [0, 0.05) is 11.1 Å². The smallest absolute Gasteiger partial charge is 0.118 e. The van der Waals surface area contributed by atoms with Crippen LogP contribution in [0, 0.1) is 0 Å². The van der Waals surface area contributed by atoms with Crippen LogP contribution in [-0.2, 0) is 0 Å². The number of rotatable bonds is 0. The van der Waals surface area contributed by atoms with Gasteiger partial charge < -0.3 is 5.84 Å².